The van der Waals surface area contributed by atoms with Crippen LogP contribution in [0.1, 0.15) is 21.6 Å². The Labute approximate surface area is 124 Å². The maximum absolute atomic E-state index is 12.1. The number of anilines is 2. The van der Waals surface area contributed by atoms with Gasteiger partial charge in [-0.05, 0) is 31.5 Å². The summed E-state index contributed by atoms with van der Waals surface area (Å²) in [7, 11) is 0. The van der Waals surface area contributed by atoms with Gasteiger partial charge < -0.3 is 16.0 Å². The lowest BCUT2D eigenvalue weighted by atomic mass is 10.1. The van der Waals surface area contributed by atoms with E-state index in [0.29, 0.717) is 17.1 Å². The lowest BCUT2D eigenvalue weighted by Crippen LogP contribution is -2.22. The van der Waals surface area contributed by atoms with Crippen LogP contribution in [-0.2, 0) is 0 Å². The summed E-state index contributed by atoms with van der Waals surface area (Å²) >= 11 is 3.33. The highest BCUT2D eigenvalue weighted by Gasteiger charge is 2.13. The fourth-order valence-electron chi connectivity index (χ4n) is 1.87. The highest BCUT2D eigenvalue weighted by atomic mass is 79.9. The normalized spacial score (nSPS) is 10.3. The van der Waals surface area contributed by atoms with Crippen molar-refractivity contribution < 1.29 is 4.79 Å². The Morgan fingerprint density at radius 3 is 2.60 bits per heavy atom. The first-order chi connectivity index (χ1) is 9.38. The average Bonchev–Trinajstić information content (AvgIpc) is 2.33. The van der Waals surface area contributed by atoms with Gasteiger partial charge in [0.1, 0.15) is 5.56 Å². The molecule has 0 bridgehead atoms. The number of benzene rings is 1. The van der Waals surface area contributed by atoms with Gasteiger partial charge in [0.25, 0.3) is 5.91 Å². The summed E-state index contributed by atoms with van der Waals surface area (Å²) in [5.74, 6) is -0.483. The summed E-state index contributed by atoms with van der Waals surface area (Å²) < 4.78 is 0.832. The number of H-pyrrole nitrogens is 1. The van der Waals surface area contributed by atoms with Crippen LogP contribution in [0, 0.1) is 13.8 Å². The number of hydrogen-bond acceptors (Lipinski definition) is 3. The number of nitrogen functional groups attached to an aromatic ring is 1. The Kier molecular flexibility index (Phi) is 3.94. The quantitative estimate of drug-likeness (QED) is 0.737. The van der Waals surface area contributed by atoms with E-state index >= 15 is 0 Å². The first kappa shape index (κ1) is 14.3. The molecule has 0 fully saturated rings. The molecule has 104 valence electrons. The zero-order chi connectivity index (χ0) is 14.9. The van der Waals surface area contributed by atoms with Crippen molar-refractivity contribution in [2.75, 3.05) is 11.1 Å². The number of nitrogens with two attached hydrogens (primary N) is 1. The van der Waals surface area contributed by atoms with Gasteiger partial charge in [-0.1, -0.05) is 15.9 Å². The van der Waals surface area contributed by atoms with Gasteiger partial charge in [0.2, 0.25) is 0 Å². The minimum absolute atomic E-state index is 0.0531. The first-order valence-corrected chi connectivity index (χ1v) is 6.74. The number of hydrogen-bond donors (Lipinski definition) is 3. The largest absolute Gasteiger partial charge is 0.397 e. The second kappa shape index (κ2) is 5.50. The van der Waals surface area contributed by atoms with Crippen LogP contribution < -0.4 is 16.5 Å². The van der Waals surface area contributed by atoms with Gasteiger partial charge in [-0.3, -0.25) is 9.59 Å². The number of carbonyl (C=O) groups excluding carboxylic acids is 1. The van der Waals surface area contributed by atoms with E-state index in [0.717, 1.165) is 10.0 Å². The third-order valence-corrected chi connectivity index (χ3v) is 3.33. The molecule has 0 aliphatic heterocycles. The molecule has 1 aromatic heterocycles. The first-order valence-electron chi connectivity index (χ1n) is 5.95. The summed E-state index contributed by atoms with van der Waals surface area (Å²) in [5.41, 5.74) is 8.07. The molecule has 5 nitrogen and oxygen atoms in total. The summed E-state index contributed by atoms with van der Waals surface area (Å²) in [6, 6.07) is 4.92. The lowest BCUT2D eigenvalue weighted by Gasteiger charge is -2.11. The van der Waals surface area contributed by atoms with E-state index in [4.69, 9.17) is 5.73 Å². The Morgan fingerprint density at radius 2 is 2.00 bits per heavy atom. The minimum Gasteiger partial charge on any atom is -0.397 e. The van der Waals surface area contributed by atoms with Gasteiger partial charge in [0, 0.05) is 22.4 Å². The number of carbonyl (C=O) groups is 1. The van der Waals surface area contributed by atoms with Crippen LogP contribution in [0.2, 0.25) is 0 Å². The third kappa shape index (κ3) is 2.91. The van der Waals surface area contributed by atoms with Crippen LogP contribution >= 0.6 is 15.9 Å². The number of rotatable bonds is 2. The Morgan fingerprint density at radius 1 is 1.30 bits per heavy atom. The van der Waals surface area contributed by atoms with E-state index in [2.05, 4.69) is 26.2 Å². The monoisotopic (exact) mass is 335 g/mol. The zero-order valence-corrected chi connectivity index (χ0v) is 12.7. The van der Waals surface area contributed by atoms with Crippen molar-refractivity contribution in [2.45, 2.75) is 13.8 Å². The van der Waals surface area contributed by atoms with Crippen molar-refractivity contribution in [1.29, 1.82) is 0 Å². The molecule has 1 aromatic carbocycles. The van der Waals surface area contributed by atoms with E-state index in [-0.39, 0.29) is 11.0 Å². The molecule has 0 unspecified atom stereocenters. The van der Waals surface area contributed by atoms with Gasteiger partial charge >= 0.3 is 0 Å². The molecule has 0 aliphatic rings. The van der Waals surface area contributed by atoms with Crippen LogP contribution in [-0.4, -0.2) is 10.9 Å². The molecule has 4 N–H and O–H groups in total. The molecule has 2 aromatic rings. The van der Waals surface area contributed by atoms with Gasteiger partial charge in [0.15, 0.2) is 5.43 Å². The van der Waals surface area contributed by atoms with Crippen LogP contribution in [0.5, 0.6) is 0 Å². The van der Waals surface area contributed by atoms with E-state index < -0.39 is 5.91 Å². The molecule has 0 saturated carbocycles. The predicted molar refractivity (Wildman–Crippen MR) is 83.0 cm³/mol. The van der Waals surface area contributed by atoms with Crippen molar-refractivity contribution in [2.24, 2.45) is 0 Å². The minimum atomic E-state index is -0.483. The predicted octanol–water partition coefficient (Wildman–Crippen LogP) is 2.59. The molecule has 0 aliphatic carbocycles. The summed E-state index contributed by atoms with van der Waals surface area (Å²) in [4.78, 5) is 26.8. The molecule has 6 heteroatoms. The third-order valence-electron chi connectivity index (χ3n) is 2.87. The standard InChI is InChI=1S/C14H14BrN3O2/c1-7-3-9(15)5-11(16)13(7)18-14(20)10-6-17-8(2)4-12(10)19/h3-6H,16H2,1-2H3,(H,17,19)(H,18,20). The number of aryl methyl sites for hydroxylation is 2. The van der Waals surface area contributed by atoms with E-state index in [9.17, 15) is 9.59 Å². The molecule has 1 heterocycles. The number of amides is 1. The number of aromatic amines is 1. The highest BCUT2D eigenvalue weighted by Crippen LogP contribution is 2.27. The molecule has 0 radical (unpaired) electrons. The Balaban J connectivity index is 2.35. The lowest BCUT2D eigenvalue weighted by molar-refractivity contribution is 0.102. The number of halogens is 1. The topological polar surface area (TPSA) is 88.0 Å². The van der Waals surface area contributed by atoms with Crippen molar-refractivity contribution in [3.05, 3.63) is 55.9 Å². The highest BCUT2D eigenvalue weighted by molar-refractivity contribution is 9.10. The number of pyridine rings is 1. The van der Waals surface area contributed by atoms with Gasteiger partial charge in [0.05, 0.1) is 11.4 Å². The zero-order valence-electron chi connectivity index (χ0n) is 11.1. The van der Waals surface area contributed by atoms with Crippen molar-refractivity contribution >= 4 is 33.2 Å². The van der Waals surface area contributed by atoms with Crippen LogP contribution in [0.4, 0.5) is 11.4 Å². The number of aromatic nitrogens is 1. The van der Waals surface area contributed by atoms with Crippen molar-refractivity contribution in [3.8, 4) is 0 Å². The Bertz CT molecular complexity index is 714. The molecule has 2 rings (SSSR count). The molecule has 0 spiro atoms. The van der Waals surface area contributed by atoms with Crippen LogP contribution in [0.3, 0.4) is 0 Å². The smallest absolute Gasteiger partial charge is 0.261 e. The maximum Gasteiger partial charge on any atom is 0.261 e. The van der Waals surface area contributed by atoms with E-state index in [1.165, 1.54) is 12.3 Å². The SMILES string of the molecule is Cc1cc(=O)c(C(=O)Nc2c(C)cc(Br)cc2N)c[nH]1. The summed E-state index contributed by atoms with van der Waals surface area (Å²) in [6.07, 6.45) is 1.40. The van der Waals surface area contributed by atoms with Crippen LogP contribution in [0.15, 0.2) is 33.7 Å². The molecule has 20 heavy (non-hydrogen) atoms. The molecular formula is C14H14BrN3O2. The van der Waals surface area contributed by atoms with Crippen molar-refractivity contribution in [3.63, 3.8) is 0 Å². The van der Waals surface area contributed by atoms with Gasteiger partial charge in [-0.15, -0.1) is 0 Å². The van der Waals surface area contributed by atoms with Crippen molar-refractivity contribution in [1.82, 2.24) is 4.98 Å². The van der Waals surface area contributed by atoms with Gasteiger partial charge in [-0.2, -0.15) is 0 Å². The van der Waals surface area contributed by atoms with E-state index in [1.54, 1.807) is 13.0 Å². The fraction of sp³-hybridized carbons (Fsp3) is 0.143. The molecule has 0 saturated heterocycles. The molecule has 0 atom stereocenters. The maximum atomic E-state index is 12.1. The second-order valence-corrected chi connectivity index (χ2v) is 5.45. The summed E-state index contributed by atoms with van der Waals surface area (Å²) in [5, 5.41) is 2.68. The molecule has 1 amide bonds. The van der Waals surface area contributed by atoms with Crippen LogP contribution in [0.25, 0.3) is 0 Å². The number of nitrogens with one attached hydrogen (secondary N) is 2. The molecular weight excluding hydrogens is 322 g/mol. The summed E-state index contributed by atoms with van der Waals surface area (Å²) in [6.45, 7) is 3.58. The fourth-order valence-corrected chi connectivity index (χ4v) is 2.46. The van der Waals surface area contributed by atoms with Gasteiger partial charge in [-0.25, -0.2) is 0 Å². The second-order valence-electron chi connectivity index (χ2n) is 4.53. The average molecular weight is 336 g/mol. The van der Waals surface area contributed by atoms with E-state index in [1.807, 2.05) is 13.0 Å². The Hall–Kier alpha value is -2.08.